The van der Waals surface area contributed by atoms with Gasteiger partial charge in [0.1, 0.15) is 0 Å². The third-order valence-electron chi connectivity index (χ3n) is 19.1. The Balaban J connectivity index is 0.729. The molecule has 0 saturated carbocycles. The topological polar surface area (TPSA) is 42.1 Å². The van der Waals surface area contributed by atoms with Crippen molar-refractivity contribution in [3.05, 3.63) is 376 Å². The van der Waals surface area contributed by atoms with Crippen molar-refractivity contribution in [3.63, 3.8) is 0 Å². The molecule has 0 fully saturated rings. The van der Waals surface area contributed by atoms with Crippen molar-refractivity contribution in [1.82, 2.24) is 19.1 Å². The standard InChI is InChI=1S/C92H62N6/c1-7-25-63(26-8-1)77-37-19-21-39-79(77)67-47-55-87-81(59-67)83-61-75(53-57-89(83)97(87)71-33-15-5-16-34-71)95(69-29-11-3-12-30-69)73-49-43-65(44-50-73)91-92(94-86-42-24-23-41-85(86)93-91)66-45-51-74(52-46-66)96(70-31-13-4-14-32-70)76-54-58-90-84(62-76)82-60-68(48-56-88(82)98(90)72-35-17-6-18-36-72)80-40-22-20-38-78(80)64-27-9-2-10-28-64/h1-62H. The molecule has 98 heavy (non-hydrogen) atoms. The van der Waals surface area contributed by atoms with Gasteiger partial charge < -0.3 is 18.9 Å². The smallest absolute Gasteiger partial charge is 0.0973 e. The summed E-state index contributed by atoms with van der Waals surface area (Å²) in [5.74, 6) is 0. The fourth-order valence-corrected chi connectivity index (χ4v) is 14.5. The molecular formula is C92H62N6. The highest BCUT2D eigenvalue weighted by Crippen LogP contribution is 2.46. The van der Waals surface area contributed by atoms with Gasteiger partial charge in [-0.3, -0.25) is 0 Å². The van der Waals surface area contributed by atoms with Crippen LogP contribution in [0.1, 0.15) is 0 Å². The summed E-state index contributed by atoms with van der Waals surface area (Å²) in [6, 6.07) is 135. The molecule has 460 valence electrons. The normalized spacial score (nSPS) is 11.5. The van der Waals surface area contributed by atoms with Crippen LogP contribution >= 0.6 is 0 Å². The van der Waals surface area contributed by atoms with Crippen LogP contribution in [0.5, 0.6) is 0 Å². The summed E-state index contributed by atoms with van der Waals surface area (Å²) >= 11 is 0. The zero-order valence-corrected chi connectivity index (χ0v) is 53.5. The van der Waals surface area contributed by atoms with Crippen LogP contribution in [0, 0.1) is 0 Å². The van der Waals surface area contributed by atoms with Gasteiger partial charge in [0.25, 0.3) is 0 Å². The van der Waals surface area contributed by atoms with E-state index in [1.54, 1.807) is 0 Å². The highest BCUT2D eigenvalue weighted by molar-refractivity contribution is 6.14. The molecule has 0 unspecified atom stereocenters. The van der Waals surface area contributed by atoms with Crippen LogP contribution in [-0.4, -0.2) is 19.1 Å². The van der Waals surface area contributed by atoms with Crippen molar-refractivity contribution >= 4 is 88.8 Å². The maximum absolute atomic E-state index is 5.44. The van der Waals surface area contributed by atoms with E-state index in [2.05, 4.69) is 383 Å². The van der Waals surface area contributed by atoms with Gasteiger partial charge in [0.2, 0.25) is 0 Å². The molecule has 3 aromatic heterocycles. The number of aromatic nitrogens is 4. The van der Waals surface area contributed by atoms with Gasteiger partial charge in [0.05, 0.1) is 44.5 Å². The molecule has 18 aromatic rings. The Morgan fingerprint density at radius 3 is 0.827 bits per heavy atom. The van der Waals surface area contributed by atoms with Crippen LogP contribution in [0.3, 0.4) is 0 Å². The summed E-state index contributed by atoms with van der Waals surface area (Å²) in [6.07, 6.45) is 0. The Morgan fingerprint density at radius 2 is 0.459 bits per heavy atom. The van der Waals surface area contributed by atoms with E-state index < -0.39 is 0 Å². The molecule has 0 atom stereocenters. The third kappa shape index (κ3) is 10.3. The number of rotatable bonds is 14. The van der Waals surface area contributed by atoms with E-state index >= 15 is 0 Å². The van der Waals surface area contributed by atoms with Gasteiger partial charge in [0, 0.05) is 78.2 Å². The van der Waals surface area contributed by atoms with Gasteiger partial charge in [-0.25, -0.2) is 9.97 Å². The van der Waals surface area contributed by atoms with Crippen LogP contribution in [0.4, 0.5) is 34.1 Å². The monoisotopic (exact) mass is 1250 g/mol. The largest absolute Gasteiger partial charge is 0.310 e. The Kier molecular flexibility index (Phi) is 14.5. The SMILES string of the molecule is c1ccc(-c2ccccc2-c2ccc3c(c2)c2cc(N(c4ccccc4)c4ccc(-c5nc6ccccc6nc5-c5ccc(N(c6ccccc6)c6ccc7c(c6)c6cc(-c8ccccc8-c8ccccc8)ccc6n7-c6ccccc6)cc5)cc4)ccc2n3-c2ccccc2)cc1. The third-order valence-corrected chi connectivity index (χ3v) is 19.1. The van der Waals surface area contributed by atoms with Gasteiger partial charge in [-0.1, -0.05) is 231 Å². The maximum atomic E-state index is 5.44. The Labute approximate surface area is 568 Å². The average molecular weight is 1250 g/mol. The van der Waals surface area contributed by atoms with Gasteiger partial charge in [-0.05, 0) is 190 Å². The fraction of sp³-hybridized carbons (Fsp3) is 0. The zero-order chi connectivity index (χ0) is 64.9. The summed E-state index contributed by atoms with van der Waals surface area (Å²) in [4.78, 5) is 15.6. The number of fused-ring (bicyclic) bond motifs is 7. The first-order valence-corrected chi connectivity index (χ1v) is 33.4. The number of hydrogen-bond donors (Lipinski definition) is 0. The molecular weight excluding hydrogens is 1190 g/mol. The van der Waals surface area contributed by atoms with Crippen molar-refractivity contribution in [1.29, 1.82) is 0 Å². The molecule has 0 aliphatic heterocycles. The quantitative estimate of drug-likeness (QED) is 0.109. The Morgan fingerprint density at radius 1 is 0.194 bits per heavy atom. The molecule has 0 spiro atoms. The van der Waals surface area contributed by atoms with Gasteiger partial charge in [0.15, 0.2) is 0 Å². The lowest BCUT2D eigenvalue weighted by molar-refractivity contribution is 1.18. The average Bonchev–Trinajstić information content (AvgIpc) is 1.55. The molecule has 6 heteroatoms. The number of para-hydroxylation sites is 6. The van der Waals surface area contributed by atoms with E-state index in [1.165, 1.54) is 55.3 Å². The van der Waals surface area contributed by atoms with Crippen molar-refractivity contribution in [3.8, 4) is 78.4 Å². The molecule has 18 rings (SSSR count). The van der Waals surface area contributed by atoms with Crippen molar-refractivity contribution < 1.29 is 0 Å². The van der Waals surface area contributed by atoms with Gasteiger partial charge >= 0.3 is 0 Å². The Bertz CT molecular complexity index is 5580. The molecule has 0 aliphatic rings. The zero-order valence-electron chi connectivity index (χ0n) is 53.5. The second-order valence-electron chi connectivity index (χ2n) is 24.9. The predicted molar refractivity (Wildman–Crippen MR) is 410 cm³/mol. The van der Waals surface area contributed by atoms with E-state index in [0.29, 0.717) is 0 Å². The lowest BCUT2D eigenvalue weighted by Crippen LogP contribution is -2.10. The first-order chi connectivity index (χ1) is 48.6. The lowest BCUT2D eigenvalue weighted by Gasteiger charge is -2.26. The number of benzene rings is 15. The summed E-state index contributed by atoms with van der Waals surface area (Å²) in [5, 5.41) is 4.68. The number of anilines is 6. The van der Waals surface area contributed by atoms with E-state index in [0.717, 1.165) is 112 Å². The van der Waals surface area contributed by atoms with Crippen molar-refractivity contribution in [2.24, 2.45) is 0 Å². The number of nitrogens with zero attached hydrogens (tertiary/aromatic N) is 6. The van der Waals surface area contributed by atoms with E-state index in [9.17, 15) is 0 Å². The fourth-order valence-electron chi connectivity index (χ4n) is 14.5. The summed E-state index contributed by atoms with van der Waals surface area (Å²) in [6.45, 7) is 0. The Hall–Kier alpha value is -13.2. The molecule has 6 nitrogen and oxygen atoms in total. The molecule has 3 heterocycles. The van der Waals surface area contributed by atoms with E-state index in [4.69, 9.17) is 9.97 Å². The van der Waals surface area contributed by atoms with Crippen LogP contribution in [0.15, 0.2) is 376 Å². The molecule has 0 aliphatic carbocycles. The van der Waals surface area contributed by atoms with Gasteiger partial charge in [-0.15, -0.1) is 0 Å². The second-order valence-corrected chi connectivity index (χ2v) is 24.9. The van der Waals surface area contributed by atoms with Crippen LogP contribution in [0.2, 0.25) is 0 Å². The van der Waals surface area contributed by atoms with Gasteiger partial charge in [-0.2, -0.15) is 0 Å². The highest BCUT2D eigenvalue weighted by Gasteiger charge is 2.23. The minimum atomic E-state index is 0.806. The predicted octanol–water partition coefficient (Wildman–Crippen LogP) is 24.8. The molecule has 0 bridgehead atoms. The maximum Gasteiger partial charge on any atom is 0.0973 e. The summed E-state index contributed by atoms with van der Waals surface area (Å²) < 4.78 is 4.79. The highest BCUT2D eigenvalue weighted by atomic mass is 15.1. The van der Waals surface area contributed by atoms with Crippen LogP contribution in [-0.2, 0) is 0 Å². The van der Waals surface area contributed by atoms with Crippen LogP contribution < -0.4 is 9.80 Å². The molecule has 0 radical (unpaired) electrons. The minimum absolute atomic E-state index is 0.806. The van der Waals surface area contributed by atoms with E-state index in [-0.39, 0.29) is 0 Å². The molecule has 0 N–H and O–H groups in total. The minimum Gasteiger partial charge on any atom is -0.310 e. The molecule has 0 saturated heterocycles. The van der Waals surface area contributed by atoms with Crippen molar-refractivity contribution in [2.45, 2.75) is 0 Å². The summed E-state index contributed by atoms with van der Waals surface area (Å²) in [7, 11) is 0. The van der Waals surface area contributed by atoms with Crippen molar-refractivity contribution in [2.75, 3.05) is 9.80 Å². The lowest BCUT2D eigenvalue weighted by atomic mass is 9.94. The first-order valence-electron chi connectivity index (χ1n) is 33.4. The second kappa shape index (κ2) is 24.6. The summed E-state index contributed by atoms with van der Waals surface area (Å²) in [5.41, 5.74) is 27.7. The number of hydrogen-bond acceptors (Lipinski definition) is 4. The first kappa shape index (κ1) is 57.5. The molecule has 0 amide bonds. The van der Waals surface area contributed by atoms with E-state index in [1.807, 2.05) is 12.1 Å². The van der Waals surface area contributed by atoms with Crippen LogP contribution in [0.25, 0.3) is 133 Å². The molecule has 15 aromatic carbocycles.